The van der Waals surface area contributed by atoms with Crippen LogP contribution in [0, 0.1) is 12.3 Å². The number of benzene rings is 1. The minimum atomic E-state index is -4.25. The molecule has 0 unspecified atom stereocenters. The lowest BCUT2D eigenvalue weighted by Crippen LogP contribution is -2.35. The molecule has 1 aliphatic heterocycles. The number of halogens is 2. The summed E-state index contributed by atoms with van der Waals surface area (Å²) in [5.74, 6) is 1.97. The number of sulfonamides is 1. The Balaban J connectivity index is 2.40. The summed E-state index contributed by atoms with van der Waals surface area (Å²) in [6.45, 7) is -0.0287. The fourth-order valence-corrected chi connectivity index (χ4v) is 5.56. The van der Waals surface area contributed by atoms with Gasteiger partial charge in [-0.25, -0.2) is 17.7 Å². The first-order valence-corrected chi connectivity index (χ1v) is 10.4. The predicted molar refractivity (Wildman–Crippen MR) is 107 cm³/mol. The topological polar surface area (TPSA) is 79.7 Å². The van der Waals surface area contributed by atoms with E-state index in [0.717, 1.165) is 15.6 Å². The quantitative estimate of drug-likeness (QED) is 0.597. The molecule has 0 fully saturated rings. The van der Waals surface area contributed by atoms with Crippen molar-refractivity contribution in [2.75, 3.05) is 17.4 Å². The van der Waals surface area contributed by atoms with Crippen molar-refractivity contribution in [1.29, 1.82) is 0 Å². The van der Waals surface area contributed by atoms with Crippen LogP contribution in [-0.2, 0) is 10.0 Å². The maximum atomic E-state index is 13.2. The standard InChI is InChI=1S/C15H11BCl2N2O4S2/c1-2-5-20-15-13(25-7-19-15)11(21)14(26(20,22)23)10-8(17)3-4-9(18)12(10)24-6-16/h1,3-4,7,21H,5-6,16H2. The van der Waals surface area contributed by atoms with Gasteiger partial charge in [-0.15, -0.1) is 17.8 Å². The first-order valence-electron chi connectivity index (χ1n) is 7.29. The molecule has 0 amide bonds. The second-order valence-electron chi connectivity index (χ2n) is 5.06. The third kappa shape index (κ3) is 2.83. The minimum absolute atomic E-state index is 0.0143. The van der Waals surface area contributed by atoms with Gasteiger partial charge in [-0.3, -0.25) is 0 Å². The molecule has 0 radical (unpaired) electrons. The molecule has 0 atom stereocenters. The van der Waals surface area contributed by atoms with Crippen molar-refractivity contribution in [3.8, 4) is 18.1 Å². The summed E-state index contributed by atoms with van der Waals surface area (Å²) in [4.78, 5) is 3.87. The normalized spacial score (nSPS) is 15.5. The van der Waals surface area contributed by atoms with E-state index in [1.54, 1.807) is 7.85 Å². The molecule has 1 aromatic heterocycles. The first-order chi connectivity index (χ1) is 12.3. The van der Waals surface area contributed by atoms with E-state index in [-0.39, 0.29) is 45.1 Å². The van der Waals surface area contributed by atoms with Crippen molar-refractivity contribution >= 4 is 68.9 Å². The lowest BCUT2D eigenvalue weighted by atomic mass is 10.1. The molecule has 0 aliphatic carbocycles. The highest BCUT2D eigenvalue weighted by Crippen LogP contribution is 2.49. The Kier molecular flexibility index (Phi) is 5.13. The van der Waals surface area contributed by atoms with Crippen LogP contribution in [0.25, 0.3) is 10.7 Å². The molecule has 0 saturated carbocycles. The largest absolute Gasteiger partial charge is 0.505 e. The van der Waals surface area contributed by atoms with Crippen LogP contribution >= 0.6 is 34.5 Å². The molecule has 1 N–H and O–H groups in total. The second-order valence-corrected chi connectivity index (χ2v) is 8.53. The maximum absolute atomic E-state index is 13.2. The number of ether oxygens (including phenoxy) is 1. The number of hydrogen-bond acceptors (Lipinski definition) is 6. The Labute approximate surface area is 165 Å². The average Bonchev–Trinajstić information content (AvgIpc) is 3.07. The number of aliphatic hydroxyl groups is 1. The molecular formula is C15H11BCl2N2O4S2. The van der Waals surface area contributed by atoms with Gasteiger partial charge in [-0.2, -0.15) is 0 Å². The van der Waals surface area contributed by atoms with Crippen LogP contribution in [0.2, 0.25) is 10.0 Å². The van der Waals surface area contributed by atoms with Crippen LogP contribution in [0.3, 0.4) is 0 Å². The van der Waals surface area contributed by atoms with Crippen molar-refractivity contribution in [3.05, 3.63) is 38.1 Å². The number of terminal acetylenes is 1. The van der Waals surface area contributed by atoms with Crippen molar-refractivity contribution in [2.24, 2.45) is 0 Å². The van der Waals surface area contributed by atoms with E-state index in [1.165, 1.54) is 17.6 Å². The molecule has 0 bridgehead atoms. The van der Waals surface area contributed by atoms with Crippen molar-refractivity contribution in [1.82, 2.24) is 4.98 Å². The molecule has 1 aliphatic rings. The van der Waals surface area contributed by atoms with Crippen LogP contribution in [0.5, 0.6) is 5.75 Å². The second kappa shape index (κ2) is 7.04. The summed E-state index contributed by atoms with van der Waals surface area (Å²) in [6.07, 6.45) is 5.33. The number of thiazole rings is 1. The molecule has 0 spiro atoms. The summed E-state index contributed by atoms with van der Waals surface area (Å²) in [5.41, 5.74) is 1.41. The van der Waals surface area contributed by atoms with Crippen molar-refractivity contribution in [3.63, 3.8) is 0 Å². The zero-order valence-corrected chi connectivity index (χ0v) is 16.5. The summed E-state index contributed by atoms with van der Waals surface area (Å²) in [7, 11) is -2.53. The summed E-state index contributed by atoms with van der Waals surface area (Å²) in [6, 6.07) is 2.92. The monoisotopic (exact) mass is 428 g/mol. The van der Waals surface area contributed by atoms with Gasteiger partial charge in [0, 0.05) is 0 Å². The summed E-state index contributed by atoms with van der Waals surface area (Å²) < 4.78 is 32.9. The molecule has 11 heteroatoms. The van der Waals surface area contributed by atoms with Crippen LogP contribution < -0.4 is 9.04 Å². The lowest BCUT2D eigenvalue weighted by Gasteiger charge is -2.28. The van der Waals surface area contributed by atoms with Gasteiger partial charge in [0.05, 0.1) is 34.2 Å². The molecule has 2 aromatic rings. The fourth-order valence-electron chi connectivity index (χ4n) is 2.55. The number of aromatic nitrogens is 1. The van der Waals surface area contributed by atoms with Gasteiger partial charge >= 0.3 is 0 Å². The van der Waals surface area contributed by atoms with Gasteiger partial charge in [0.15, 0.2) is 19.4 Å². The van der Waals surface area contributed by atoms with E-state index < -0.39 is 20.7 Å². The van der Waals surface area contributed by atoms with Crippen LogP contribution in [0.1, 0.15) is 10.4 Å². The van der Waals surface area contributed by atoms with E-state index in [1.807, 2.05) is 0 Å². The highest BCUT2D eigenvalue weighted by atomic mass is 35.5. The first kappa shape index (κ1) is 18.9. The van der Waals surface area contributed by atoms with Crippen LogP contribution in [0.4, 0.5) is 5.82 Å². The number of aliphatic hydroxyl groups excluding tert-OH is 1. The molecule has 6 nitrogen and oxygen atoms in total. The third-order valence-electron chi connectivity index (χ3n) is 3.57. The predicted octanol–water partition coefficient (Wildman–Crippen LogP) is 2.59. The van der Waals surface area contributed by atoms with Gasteiger partial charge in [0.1, 0.15) is 15.5 Å². The van der Waals surface area contributed by atoms with E-state index in [4.69, 9.17) is 34.4 Å². The zero-order chi connectivity index (χ0) is 19.1. The van der Waals surface area contributed by atoms with Gasteiger partial charge in [-0.05, 0) is 12.1 Å². The lowest BCUT2D eigenvalue weighted by molar-refractivity contribution is 0.386. The van der Waals surface area contributed by atoms with E-state index in [0.29, 0.717) is 0 Å². The smallest absolute Gasteiger partial charge is 0.270 e. The number of hydrogen-bond donors (Lipinski definition) is 1. The number of fused-ring (bicyclic) bond motifs is 1. The molecule has 0 saturated heterocycles. The van der Waals surface area contributed by atoms with Gasteiger partial charge in [0.25, 0.3) is 10.0 Å². The summed E-state index contributed by atoms with van der Waals surface area (Å²) in [5, 5.41) is 11.0. The molecule has 3 rings (SSSR count). The maximum Gasteiger partial charge on any atom is 0.270 e. The SMILES string of the molecule is BCOc1c(Cl)ccc(Cl)c1C1=C(O)c2scnc2N(CC#C)S1(=O)=O. The summed E-state index contributed by atoms with van der Waals surface area (Å²) >= 11 is 13.5. The molecular weight excluding hydrogens is 418 g/mol. The number of rotatable bonds is 4. The van der Waals surface area contributed by atoms with Crippen molar-refractivity contribution in [2.45, 2.75) is 0 Å². The van der Waals surface area contributed by atoms with Gasteiger partial charge < -0.3 is 9.84 Å². The number of nitrogens with zero attached hydrogens (tertiary/aromatic N) is 2. The Morgan fingerprint density at radius 1 is 1.38 bits per heavy atom. The zero-order valence-electron chi connectivity index (χ0n) is 13.4. The molecule has 1 aromatic carbocycles. The van der Waals surface area contributed by atoms with Crippen LogP contribution in [0.15, 0.2) is 17.6 Å². The Morgan fingerprint density at radius 2 is 2.08 bits per heavy atom. The Morgan fingerprint density at radius 3 is 2.73 bits per heavy atom. The minimum Gasteiger partial charge on any atom is -0.505 e. The third-order valence-corrected chi connectivity index (χ3v) is 6.80. The fraction of sp³-hybridized carbons (Fsp3) is 0.133. The average molecular weight is 429 g/mol. The van der Waals surface area contributed by atoms with Crippen LogP contribution in [-0.4, -0.2) is 39.4 Å². The number of anilines is 1. The van der Waals surface area contributed by atoms with E-state index in [9.17, 15) is 13.5 Å². The van der Waals surface area contributed by atoms with Gasteiger partial charge in [0.2, 0.25) is 0 Å². The van der Waals surface area contributed by atoms with E-state index in [2.05, 4.69) is 10.9 Å². The highest BCUT2D eigenvalue weighted by molar-refractivity contribution is 8.02. The van der Waals surface area contributed by atoms with E-state index >= 15 is 0 Å². The van der Waals surface area contributed by atoms with Gasteiger partial charge in [-0.1, -0.05) is 29.1 Å². The molecule has 26 heavy (non-hydrogen) atoms. The Hall–Kier alpha value is -1.86. The Bertz CT molecular complexity index is 1060. The molecule has 134 valence electrons. The van der Waals surface area contributed by atoms with Crippen molar-refractivity contribution < 1.29 is 18.3 Å². The molecule has 2 heterocycles. The highest BCUT2D eigenvalue weighted by Gasteiger charge is 2.42.